The number of hydrogen-bond acceptors (Lipinski definition) is 5. The number of anilines is 1. The van der Waals surface area contributed by atoms with E-state index in [4.69, 9.17) is 9.47 Å². The average molecular weight is 488 g/mol. The van der Waals surface area contributed by atoms with E-state index in [0.717, 1.165) is 27.3 Å². The van der Waals surface area contributed by atoms with E-state index in [1.807, 2.05) is 6.92 Å². The van der Waals surface area contributed by atoms with Crippen LogP contribution in [0.1, 0.15) is 28.8 Å². The van der Waals surface area contributed by atoms with Gasteiger partial charge in [-0.1, -0.05) is 29.8 Å². The minimum atomic E-state index is -2.85. The van der Waals surface area contributed by atoms with Gasteiger partial charge in [0.15, 0.2) is 11.5 Å². The number of rotatable bonds is 9. The molecule has 180 valence electrons. The maximum atomic E-state index is 13.1. The number of aryl methyl sites for hydroxylation is 2. The number of carbonyl (C=O) groups excluding carboxylic acids is 1. The lowest BCUT2D eigenvalue weighted by Crippen LogP contribution is -2.55. The molecule has 4 rings (SSSR count). The minimum absolute atomic E-state index is 0.258. The van der Waals surface area contributed by atoms with E-state index in [0.29, 0.717) is 23.7 Å². The Morgan fingerprint density at radius 3 is 2.41 bits per heavy atom. The molecule has 5 nitrogen and oxygen atoms in total. The van der Waals surface area contributed by atoms with Crippen LogP contribution in [-0.4, -0.2) is 36.8 Å². The summed E-state index contributed by atoms with van der Waals surface area (Å²) in [5.41, 5.74) is 2.44. The molecule has 1 heterocycles. The largest absolute Gasteiger partial charge is 0.493 e. The molecule has 0 aliphatic heterocycles. The second-order valence-electron chi connectivity index (χ2n) is 8.85. The third-order valence-corrected chi connectivity index (χ3v) is 7.12. The van der Waals surface area contributed by atoms with Crippen LogP contribution in [0.25, 0.3) is 10.4 Å². The minimum Gasteiger partial charge on any atom is -0.493 e. The van der Waals surface area contributed by atoms with Crippen LogP contribution in [0.15, 0.2) is 48.5 Å². The number of aliphatic hydroxyl groups is 1. The van der Waals surface area contributed by atoms with Crippen molar-refractivity contribution < 1.29 is 28.2 Å². The van der Waals surface area contributed by atoms with Gasteiger partial charge in [-0.15, -0.1) is 11.3 Å². The molecule has 8 heteroatoms. The second-order valence-corrected chi connectivity index (χ2v) is 10.1. The number of carbonyl (C=O) groups is 1. The molecule has 1 amide bonds. The van der Waals surface area contributed by atoms with Crippen LogP contribution < -0.4 is 14.4 Å². The molecule has 1 aliphatic carbocycles. The zero-order valence-corrected chi connectivity index (χ0v) is 20.1. The highest BCUT2D eigenvalue weighted by atomic mass is 32.1. The van der Waals surface area contributed by atoms with Crippen molar-refractivity contribution in [2.45, 2.75) is 44.8 Å². The summed E-state index contributed by atoms with van der Waals surface area (Å²) < 4.78 is 37.2. The van der Waals surface area contributed by atoms with Crippen molar-refractivity contribution in [2.24, 2.45) is 0 Å². The molecule has 0 spiro atoms. The van der Waals surface area contributed by atoms with Gasteiger partial charge in [0.2, 0.25) is 6.41 Å². The first kappa shape index (κ1) is 24.2. The number of benzene rings is 2. The fraction of sp³-hybridized carbons (Fsp3) is 0.346. The van der Waals surface area contributed by atoms with Crippen LogP contribution in [0.2, 0.25) is 0 Å². The second kappa shape index (κ2) is 9.35. The highest BCUT2D eigenvalue weighted by Gasteiger charge is 2.56. The van der Waals surface area contributed by atoms with Gasteiger partial charge >= 0.3 is 0 Å². The molecule has 0 unspecified atom stereocenters. The van der Waals surface area contributed by atoms with Crippen LogP contribution in [0.5, 0.6) is 11.5 Å². The fourth-order valence-electron chi connectivity index (χ4n) is 4.09. The van der Waals surface area contributed by atoms with Gasteiger partial charge in [0, 0.05) is 34.3 Å². The van der Waals surface area contributed by atoms with Crippen molar-refractivity contribution in [1.29, 1.82) is 0 Å². The van der Waals surface area contributed by atoms with Crippen LogP contribution >= 0.6 is 11.3 Å². The van der Waals surface area contributed by atoms with Crippen LogP contribution in [-0.2, 0) is 11.3 Å². The number of hydrogen-bond donors (Lipinski definition) is 1. The SMILES string of the molecule is COc1cc(N(C=O)Cc2cc(-c3ccc(C)cc3)sc2C)ccc1OCC1(O)CC(F)(F)C1. The Hall–Kier alpha value is -2.97. The first-order valence-corrected chi connectivity index (χ1v) is 11.7. The zero-order valence-electron chi connectivity index (χ0n) is 19.3. The quantitative estimate of drug-likeness (QED) is 0.391. The summed E-state index contributed by atoms with van der Waals surface area (Å²) in [5.74, 6) is -2.19. The maximum absolute atomic E-state index is 13.1. The first-order chi connectivity index (χ1) is 16.1. The molecule has 1 aliphatic rings. The molecule has 0 saturated heterocycles. The lowest BCUT2D eigenvalue weighted by Gasteiger charge is -2.42. The lowest BCUT2D eigenvalue weighted by atomic mass is 9.77. The summed E-state index contributed by atoms with van der Waals surface area (Å²) in [6.07, 6.45) is -0.481. The molecule has 34 heavy (non-hydrogen) atoms. The van der Waals surface area contributed by atoms with Gasteiger partial charge in [-0.25, -0.2) is 8.78 Å². The van der Waals surface area contributed by atoms with E-state index in [1.165, 1.54) is 12.7 Å². The Morgan fingerprint density at radius 2 is 1.79 bits per heavy atom. The molecule has 1 fully saturated rings. The Bertz CT molecular complexity index is 1170. The van der Waals surface area contributed by atoms with Crippen molar-refractivity contribution in [3.05, 3.63) is 64.5 Å². The summed E-state index contributed by atoms with van der Waals surface area (Å²) in [6, 6.07) is 15.4. The van der Waals surface area contributed by atoms with Crippen molar-refractivity contribution in [2.75, 3.05) is 18.6 Å². The predicted octanol–water partition coefficient (Wildman–Crippen LogP) is 5.74. The van der Waals surface area contributed by atoms with Gasteiger partial charge in [0.25, 0.3) is 5.92 Å². The van der Waals surface area contributed by atoms with Crippen molar-refractivity contribution in [1.82, 2.24) is 0 Å². The molecular weight excluding hydrogens is 460 g/mol. The van der Waals surface area contributed by atoms with E-state index < -0.39 is 24.4 Å². The summed E-state index contributed by atoms with van der Waals surface area (Å²) in [5, 5.41) is 10.1. The van der Waals surface area contributed by atoms with E-state index in [1.54, 1.807) is 34.4 Å². The Kier molecular flexibility index (Phi) is 6.64. The summed E-state index contributed by atoms with van der Waals surface area (Å²) in [7, 11) is 1.46. The normalized spacial score (nSPS) is 15.9. The number of nitrogens with zero attached hydrogens (tertiary/aromatic N) is 1. The van der Waals surface area contributed by atoms with Gasteiger partial charge in [-0.05, 0) is 43.2 Å². The predicted molar refractivity (Wildman–Crippen MR) is 129 cm³/mol. The number of amides is 1. The molecule has 1 N–H and O–H groups in total. The molecule has 0 radical (unpaired) electrons. The number of thiophene rings is 1. The lowest BCUT2D eigenvalue weighted by molar-refractivity contribution is -0.215. The van der Waals surface area contributed by atoms with E-state index in [2.05, 4.69) is 37.3 Å². The summed E-state index contributed by atoms with van der Waals surface area (Å²) in [6.45, 7) is 4.21. The molecule has 2 aromatic carbocycles. The van der Waals surface area contributed by atoms with Crippen molar-refractivity contribution in [3.63, 3.8) is 0 Å². The van der Waals surface area contributed by atoms with Crippen LogP contribution in [0.4, 0.5) is 14.5 Å². The molecule has 0 bridgehead atoms. The van der Waals surface area contributed by atoms with Gasteiger partial charge in [0.1, 0.15) is 12.2 Å². The fourth-order valence-corrected chi connectivity index (χ4v) is 5.13. The van der Waals surface area contributed by atoms with E-state index in [-0.39, 0.29) is 6.61 Å². The van der Waals surface area contributed by atoms with Crippen LogP contribution in [0, 0.1) is 13.8 Å². The van der Waals surface area contributed by atoms with Gasteiger partial charge in [-0.2, -0.15) is 0 Å². The number of ether oxygens (including phenoxy) is 2. The van der Waals surface area contributed by atoms with Crippen molar-refractivity contribution in [3.8, 4) is 21.9 Å². The number of methoxy groups -OCH3 is 1. The standard InChI is InChI=1S/C26H27F2NO4S/c1-17-4-6-19(7-5-17)24-10-20(18(2)34-24)12-29(16-30)21-8-9-22(23(11-21)32-3)33-15-25(31)13-26(27,28)14-25/h4-11,16,31H,12-15H2,1-3H3. The smallest absolute Gasteiger partial charge is 0.253 e. The Morgan fingerprint density at radius 1 is 1.09 bits per heavy atom. The first-order valence-electron chi connectivity index (χ1n) is 10.9. The third-order valence-electron chi connectivity index (χ3n) is 5.98. The maximum Gasteiger partial charge on any atom is 0.253 e. The highest BCUT2D eigenvalue weighted by molar-refractivity contribution is 7.15. The van der Waals surface area contributed by atoms with Gasteiger partial charge in [-0.3, -0.25) is 4.79 Å². The van der Waals surface area contributed by atoms with Gasteiger partial charge < -0.3 is 19.5 Å². The highest BCUT2D eigenvalue weighted by Crippen LogP contribution is 2.46. The number of alkyl halides is 2. The zero-order chi connectivity index (χ0) is 24.5. The molecule has 0 atom stereocenters. The van der Waals surface area contributed by atoms with E-state index >= 15 is 0 Å². The Balaban J connectivity index is 1.48. The molecule has 1 saturated carbocycles. The average Bonchev–Trinajstić information content (AvgIpc) is 3.15. The number of halogens is 2. The summed E-state index contributed by atoms with van der Waals surface area (Å²) >= 11 is 1.68. The van der Waals surface area contributed by atoms with Crippen LogP contribution in [0.3, 0.4) is 0 Å². The molecular formula is C26H27F2NO4S. The topological polar surface area (TPSA) is 59.0 Å². The Labute approximate surface area is 201 Å². The summed E-state index contributed by atoms with van der Waals surface area (Å²) in [4.78, 5) is 15.8. The van der Waals surface area contributed by atoms with Crippen molar-refractivity contribution >= 4 is 23.4 Å². The monoisotopic (exact) mass is 487 g/mol. The third kappa shape index (κ3) is 5.23. The van der Waals surface area contributed by atoms with E-state index in [9.17, 15) is 18.7 Å². The molecule has 3 aromatic rings. The molecule has 1 aromatic heterocycles. The van der Waals surface area contributed by atoms with Gasteiger partial charge in [0.05, 0.1) is 13.7 Å².